The van der Waals surface area contributed by atoms with Crippen LogP contribution in [0.3, 0.4) is 0 Å². The van der Waals surface area contributed by atoms with Crippen LogP contribution in [0.15, 0.2) is 42.5 Å². The zero-order chi connectivity index (χ0) is 12.8. The van der Waals surface area contributed by atoms with Crippen LogP contribution in [0.4, 0.5) is 0 Å². The Kier molecular flexibility index (Phi) is 4.77. The van der Waals surface area contributed by atoms with Crippen molar-refractivity contribution in [3.8, 4) is 0 Å². The number of fused-ring (bicyclic) bond motifs is 1. The minimum Gasteiger partial charge on any atom is -0.316 e. The van der Waals surface area contributed by atoms with Crippen molar-refractivity contribution in [1.29, 1.82) is 0 Å². The molecule has 0 radical (unpaired) electrons. The normalized spacial score (nSPS) is 11.3. The number of aryl methyl sites for hydroxylation is 1. The van der Waals surface area contributed by atoms with E-state index in [0.717, 1.165) is 25.4 Å². The highest BCUT2D eigenvalue weighted by molar-refractivity contribution is 5.85. The lowest BCUT2D eigenvalue weighted by Crippen LogP contribution is -2.21. The van der Waals surface area contributed by atoms with Gasteiger partial charge in [-0.1, -0.05) is 56.3 Å². The van der Waals surface area contributed by atoms with E-state index in [-0.39, 0.29) is 0 Å². The molecule has 2 rings (SSSR count). The van der Waals surface area contributed by atoms with Crippen LogP contribution >= 0.6 is 0 Å². The summed E-state index contributed by atoms with van der Waals surface area (Å²) in [7, 11) is 0. The second-order valence-electron chi connectivity index (χ2n) is 5.34. The van der Waals surface area contributed by atoms with E-state index in [1.165, 1.54) is 22.8 Å². The molecule has 0 saturated carbocycles. The van der Waals surface area contributed by atoms with Crippen molar-refractivity contribution in [2.75, 3.05) is 13.1 Å². The van der Waals surface area contributed by atoms with Crippen LogP contribution in [0.5, 0.6) is 0 Å². The lowest BCUT2D eigenvalue weighted by atomic mass is 10.0. The first kappa shape index (κ1) is 13.1. The van der Waals surface area contributed by atoms with Crippen molar-refractivity contribution >= 4 is 10.8 Å². The topological polar surface area (TPSA) is 12.0 Å². The van der Waals surface area contributed by atoms with E-state index in [2.05, 4.69) is 61.6 Å². The molecule has 0 atom stereocenters. The SMILES string of the molecule is CC(C)CNCCCc1cccc2ccccc12. The van der Waals surface area contributed by atoms with Gasteiger partial charge in [0, 0.05) is 0 Å². The summed E-state index contributed by atoms with van der Waals surface area (Å²) in [5.41, 5.74) is 1.47. The summed E-state index contributed by atoms with van der Waals surface area (Å²) < 4.78 is 0. The van der Waals surface area contributed by atoms with Crippen molar-refractivity contribution in [3.05, 3.63) is 48.0 Å². The summed E-state index contributed by atoms with van der Waals surface area (Å²) in [5.74, 6) is 0.738. The Morgan fingerprint density at radius 3 is 2.61 bits per heavy atom. The van der Waals surface area contributed by atoms with E-state index in [1.54, 1.807) is 0 Å². The van der Waals surface area contributed by atoms with E-state index in [4.69, 9.17) is 0 Å². The maximum absolute atomic E-state index is 3.50. The molecule has 0 spiro atoms. The van der Waals surface area contributed by atoms with E-state index in [1.807, 2.05) is 0 Å². The first-order valence-electron chi connectivity index (χ1n) is 6.94. The average molecular weight is 241 g/mol. The molecule has 1 nitrogen and oxygen atoms in total. The summed E-state index contributed by atoms with van der Waals surface area (Å²) in [5, 5.41) is 6.26. The largest absolute Gasteiger partial charge is 0.316 e. The molecule has 96 valence electrons. The Hall–Kier alpha value is -1.34. The molecule has 0 bridgehead atoms. The molecular weight excluding hydrogens is 218 g/mol. The first-order chi connectivity index (χ1) is 8.77. The molecule has 0 heterocycles. The molecule has 0 aliphatic heterocycles. The molecule has 0 aliphatic rings. The lowest BCUT2D eigenvalue weighted by molar-refractivity contribution is 0.543. The van der Waals surface area contributed by atoms with Crippen molar-refractivity contribution in [3.63, 3.8) is 0 Å². The number of nitrogens with one attached hydrogen (secondary N) is 1. The third-order valence-electron chi connectivity index (χ3n) is 3.23. The van der Waals surface area contributed by atoms with Crippen LogP contribution in [0.1, 0.15) is 25.8 Å². The van der Waals surface area contributed by atoms with Crippen molar-refractivity contribution in [2.24, 2.45) is 5.92 Å². The van der Waals surface area contributed by atoms with Crippen LogP contribution in [0, 0.1) is 5.92 Å². The Morgan fingerprint density at radius 1 is 1.00 bits per heavy atom. The fraction of sp³-hybridized carbons (Fsp3) is 0.412. The van der Waals surface area contributed by atoms with Gasteiger partial charge in [0.25, 0.3) is 0 Å². The summed E-state index contributed by atoms with van der Waals surface area (Å²) >= 11 is 0. The van der Waals surface area contributed by atoms with Crippen LogP contribution in [-0.4, -0.2) is 13.1 Å². The first-order valence-corrected chi connectivity index (χ1v) is 6.94. The zero-order valence-electron chi connectivity index (χ0n) is 11.4. The highest BCUT2D eigenvalue weighted by Crippen LogP contribution is 2.19. The maximum atomic E-state index is 3.50. The number of hydrogen-bond acceptors (Lipinski definition) is 1. The molecule has 1 N–H and O–H groups in total. The Balaban J connectivity index is 1.91. The summed E-state index contributed by atoms with van der Waals surface area (Å²) in [6, 6.07) is 15.3. The quantitative estimate of drug-likeness (QED) is 0.753. The van der Waals surface area contributed by atoms with Gasteiger partial charge in [-0.05, 0) is 48.2 Å². The molecule has 0 amide bonds. The van der Waals surface area contributed by atoms with Gasteiger partial charge in [0.1, 0.15) is 0 Å². The van der Waals surface area contributed by atoms with E-state index in [0.29, 0.717) is 0 Å². The average Bonchev–Trinajstić information content (AvgIpc) is 2.38. The minimum absolute atomic E-state index is 0.738. The van der Waals surface area contributed by atoms with E-state index < -0.39 is 0 Å². The second kappa shape index (κ2) is 6.55. The van der Waals surface area contributed by atoms with Crippen LogP contribution in [0.25, 0.3) is 10.8 Å². The van der Waals surface area contributed by atoms with Gasteiger partial charge in [-0.2, -0.15) is 0 Å². The van der Waals surface area contributed by atoms with Gasteiger partial charge in [-0.3, -0.25) is 0 Å². The zero-order valence-corrected chi connectivity index (χ0v) is 11.4. The molecule has 18 heavy (non-hydrogen) atoms. The molecule has 1 heteroatoms. The fourth-order valence-electron chi connectivity index (χ4n) is 2.31. The highest BCUT2D eigenvalue weighted by atomic mass is 14.8. The summed E-state index contributed by atoms with van der Waals surface area (Å²) in [6.07, 6.45) is 2.37. The predicted molar refractivity (Wildman–Crippen MR) is 80.0 cm³/mol. The molecule has 0 unspecified atom stereocenters. The van der Waals surface area contributed by atoms with E-state index in [9.17, 15) is 0 Å². The molecule has 0 aromatic heterocycles. The standard InChI is InChI=1S/C17H23N/c1-14(2)13-18-12-6-10-16-9-5-8-15-7-3-4-11-17(15)16/h3-5,7-9,11,14,18H,6,10,12-13H2,1-2H3. The van der Waals surface area contributed by atoms with Crippen LogP contribution in [-0.2, 0) is 6.42 Å². The van der Waals surface area contributed by atoms with E-state index >= 15 is 0 Å². The third kappa shape index (κ3) is 3.58. The smallest absolute Gasteiger partial charge is 0.00258 e. The molecule has 2 aromatic carbocycles. The van der Waals surface area contributed by atoms with Crippen LogP contribution < -0.4 is 5.32 Å². The van der Waals surface area contributed by atoms with Crippen molar-refractivity contribution in [1.82, 2.24) is 5.32 Å². The van der Waals surface area contributed by atoms with Gasteiger partial charge >= 0.3 is 0 Å². The van der Waals surface area contributed by atoms with Gasteiger partial charge in [-0.15, -0.1) is 0 Å². The maximum Gasteiger partial charge on any atom is -0.00258 e. The highest BCUT2D eigenvalue weighted by Gasteiger charge is 2.00. The Labute approximate surface area is 110 Å². The number of benzene rings is 2. The Morgan fingerprint density at radius 2 is 1.78 bits per heavy atom. The summed E-state index contributed by atoms with van der Waals surface area (Å²) in [4.78, 5) is 0. The molecule has 0 saturated heterocycles. The van der Waals surface area contributed by atoms with Gasteiger partial charge in [-0.25, -0.2) is 0 Å². The minimum atomic E-state index is 0.738. The van der Waals surface area contributed by atoms with Gasteiger partial charge in [0.2, 0.25) is 0 Å². The number of rotatable bonds is 6. The predicted octanol–water partition coefficient (Wildman–Crippen LogP) is 4.02. The third-order valence-corrected chi connectivity index (χ3v) is 3.23. The van der Waals surface area contributed by atoms with Gasteiger partial charge < -0.3 is 5.32 Å². The summed E-state index contributed by atoms with van der Waals surface area (Å²) in [6.45, 7) is 6.73. The van der Waals surface area contributed by atoms with Crippen molar-refractivity contribution in [2.45, 2.75) is 26.7 Å². The fourth-order valence-corrected chi connectivity index (χ4v) is 2.31. The second-order valence-corrected chi connectivity index (χ2v) is 5.34. The monoisotopic (exact) mass is 241 g/mol. The van der Waals surface area contributed by atoms with Gasteiger partial charge in [0.05, 0.1) is 0 Å². The number of hydrogen-bond donors (Lipinski definition) is 1. The lowest BCUT2D eigenvalue weighted by Gasteiger charge is -2.09. The molecule has 0 aliphatic carbocycles. The Bertz CT molecular complexity index is 482. The molecule has 2 aromatic rings. The van der Waals surface area contributed by atoms with Gasteiger partial charge in [0.15, 0.2) is 0 Å². The molecular formula is C17H23N. The van der Waals surface area contributed by atoms with Crippen molar-refractivity contribution < 1.29 is 0 Å². The van der Waals surface area contributed by atoms with Crippen LogP contribution in [0.2, 0.25) is 0 Å². The molecule has 0 fully saturated rings.